The molecule has 3 N–H and O–H groups in total. The van der Waals surface area contributed by atoms with E-state index in [1.54, 1.807) is 6.33 Å². The molecule has 6 heteroatoms. The normalized spacial score (nSPS) is 13.7. The largest absolute Gasteiger partial charge is 0.325 e. The molecule has 112 valence electrons. The zero-order valence-electron chi connectivity index (χ0n) is 12.6. The van der Waals surface area contributed by atoms with Crippen LogP contribution >= 0.6 is 0 Å². The first-order valence-corrected chi connectivity index (χ1v) is 7.03. The molecule has 0 saturated carbocycles. The quantitative estimate of drug-likeness (QED) is 0.878. The molecular weight excluding hydrogens is 266 g/mol. The Morgan fingerprint density at radius 2 is 2.24 bits per heavy atom. The highest BCUT2D eigenvalue weighted by molar-refractivity contribution is 5.95. The van der Waals surface area contributed by atoms with Gasteiger partial charge in [-0.2, -0.15) is 0 Å². The van der Waals surface area contributed by atoms with Crippen LogP contribution in [0.25, 0.3) is 11.4 Å². The molecule has 2 unspecified atom stereocenters. The summed E-state index contributed by atoms with van der Waals surface area (Å²) < 4.78 is 1.83. The summed E-state index contributed by atoms with van der Waals surface area (Å²) in [6, 6.07) is 6.99. The molecule has 0 radical (unpaired) electrons. The Morgan fingerprint density at radius 1 is 1.48 bits per heavy atom. The Kier molecular flexibility index (Phi) is 4.70. The van der Waals surface area contributed by atoms with Crippen molar-refractivity contribution >= 4 is 11.6 Å². The van der Waals surface area contributed by atoms with E-state index in [-0.39, 0.29) is 11.8 Å². The number of anilines is 1. The van der Waals surface area contributed by atoms with Crippen molar-refractivity contribution in [2.24, 2.45) is 18.7 Å². The Hall–Kier alpha value is -2.21. The predicted octanol–water partition coefficient (Wildman–Crippen LogP) is 1.79. The van der Waals surface area contributed by atoms with Gasteiger partial charge in [-0.05, 0) is 18.1 Å². The van der Waals surface area contributed by atoms with Gasteiger partial charge >= 0.3 is 0 Å². The van der Waals surface area contributed by atoms with Crippen molar-refractivity contribution in [3.63, 3.8) is 0 Å². The monoisotopic (exact) mass is 287 g/mol. The van der Waals surface area contributed by atoms with Crippen LogP contribution in [-0.2, 0) is 11.8 Å². The number of carbonyl (C=O) groups is 1. The van der Waals surface area contributed by atoms with Crippen LogP contribution in [0.2, 0.25) is 0 Å². The number of aryl methyl sites for hydroxylation is 1. The summed E-state index contributed by atoms with van der Waals surface area (Å²) in [6.45, 7) is 3.99. The summed E-state index contributed by atoms with van der Waals surface area (Å²) in [4.78, 5) is 12.1. The zero-order valence-corrected chi connectivity index (χ0v) is 12.6. The number of nitrogens with zero attached hydrogens (tertiary/aromatic N) is 3. The van der Waals surface area contributed by atoms with Crippen molar-refractivity contribution in [1.29, 1.82) is 0 Å². The van der Waals surface area contributed by atoms with Crippen LogP contribution in [0.4, 0.5) is 5.69 Å². The lowest BCUT2D eigenvalue weighted by Crippen LogP contribution is -2.40. The molecule has 0 bridgehead atoms. The highest BCUT2D eigenvalue weighted by Gasteiger charge is 2.19. The van der Waals surface area contributed by atoms with Crippen LogP contribution in [0.3, 0.4) is 0 Å². The standard InChI is InChI=1S/C15H21N5O/c1-4-10(2)13(16)15(21)18-12-7-5-6-11(8-12)14-19-17-9-20(14)3/h5-10,13H,4,16H2,1-3H3,(H,18,21). The minimum absolute atomic E-state index is 0.145. The fourth-order valence-electron chi connectivity index (χ4n) is 2.02. The van der Waals surface area contributed by atoms with Gasteiger partial charge in [0.1, 0.15) is 6.33 Å². The van der Waals surface area contributed by atoms with E-state index in [1.807, 2.05) is 49.7 Å². The van der Waals surface area contributed by atoms with E-state index in [0.717, 1.165) is 17.8 Å². The molecule has 1 amide bonds. The van der Waals surface area contributed by atoms with E-state index in [0.29, 0.717) is 5.69 Å². The SMILES string of the molecule is CCC(C)C(N)C(=O)Nc1cccc(-c2nncn2C)c1. The Bertz CT molecular complexity index is 622. The van der Waals surface area contributed by atoms with Gasteiger partial charge in [-0.15, -0.1) is 10.2 Å². The van der Waals surface area contributed by atoms with E-state index in [2.05, 4.69) is 15.5 Å². The van der Waals surface area contributed by atoms with E-state index >= 15 is 0 Å². The fraction of sp³-hybridized carbons (Fsp3) is 0.400. The van der Waals surface area contributed by atoms with Gasteiger partial charge in [0.15, 0.2) is 5.82 Å². The maximum Gasteiger partial charge on any atom is 0.241 e. The fourth-order valence-corrected chi connectivity index (χ4v) is 2.02. The first kappa shape index (κ1) is 15.2. The first-order chi connectivity index (χ1) is 10.0. The lowest BCUT2D eigenvalue weighted by atomic mass is 9.99. The number of aromatic nitrogens is 3. The zero-order chi connectivity index (χ0) is 15.4. The third kappa shape index (κ3) is 3.46. The summed E-state index contributed by atoms with van der Waals surface area (Å²) in [7, 11) is 1.87. The molecule has 2 aromatic rings. The number of rotatable bonds is 5. The summed E-state index contributed by atoms with van der Waals surface area (Å²) in [5.74, 6) is 0.726. The first-order valence-electron chi connectivity index (χ1n) is 7.03. The average molecular weight is 287 g/mol. The van der Waals surface area contributed by atoms with Crippen molar-refractivity contribution in [2.75, 3.05) is 5.32 Å². The molecule has 2 atom stereocenters. The smallest absolute Gasteiger partial charge is 0.241 e. The van der Waals surface area contributed by atoms with E-state index in [9.17, 15) is 4.79 Å². The molecular formula is C15H21N5O. The molecule has 1 heterocycles. The molecule has 21 heavy (non-hydrogen) atoms. The number of nitrogens with two attached hydrogens (primary N) is 1. The molecule has 0 saturated heterocycles. The van der Waals surface area contributed by atoms with Crippen molar-refractivity contribution in [1.82, 2.24) is 14.8 Å². The van der Waals surface area contributed by atoms with Gasteiger partial charge in [-0.1, -0.05) is 32.4 Å². The van der Waals surface area contributed by atoms with Gasteiger partial charge < -0.3 is 15.6 Å². The van der Waals surface area contributed by atoms with Gasteiger partial charge in [0, 0.05) is 18.3 Å². The van der Waals surface area contributed by atoms with Gasteiger partial charge in [-0.25, -0.2) is 0 Å². The van der Waals surface area contributed by atoms with Crippen LogP contribution in [0.15, 0.2) is 30.6 Å². The van der Waals surface area contributed by atoms with Gasteiger partial charge in [0.2, 0.25) is 5.91 Å². The van der Waals surface area contributed by atoms with Crippen LogP contribution in [0.1, 0.15) is 20.3 Å². The van der Waals surface area contributed by atoms with E-state index < -0.39 is 6.04 Å². The van der Waals surface area contributed by atoms with Gasteiger partial charge in [0.25, 0.3) is 0 Å². The Morgan fingerprint density at radius 3 is 2.86 bits per heavy atom. The van der Waals surface area contributed by atoms with Crippen molar-refractivity contribution in [3.8, 4) is 11.4 Å². The average Bonchev–Trinajstić information content (AvgIpc) is 2.92. The number of benzene rings is 1. The summed E-state index contributed by atoms with van der Waals surface area (Å²) in [5, 5.41) is 10.8. The lowest BCUT2D eigenvalue weighted by Gasteiger charge is -2.17. The van der Waals surface area contributed by atoms with Gasteiger partial charge in [-0.3, -0.25) is 4.79 Å². The molecule has 0 fully saturated rings. The predicted molar refractivity (Wildman–Crippen MR) is 82.5 cm³/mol. The molecule has 0 aliphatic carbocycles. The minimum Gasteiger partial charge on any atom is -0.325 e. The minimum atomic E-state index is -0.506. The third-order valence-corrected chi connectivity index (χ3v) is 3.66. The van der Waals surface area contributed by atoms with E-state index in [4.69, 9.17) is 5.73 Å². The number of amides is 1. The summed E-state index contributed by atoms with van der Waals surface area (Å²) in [6.07, 6.45) is 2.51. The van der Waals surface area contributed by atoms with E-state index in [1.165, 1.54) is 0 Å². The highest BCUT2D eigenvalue weighted by Crippen LogP contribution is 2.20. The second-order valence-corrected chi connectivity index (χ2v) is 5.25. The highest BCUT2D eigenvalue weighted by atomic mass is 16.2. The van der Waals surface area contributed by atoms with Crippen LogP contribution in [-0.4, -0.2) is 26.7 Å². The second kappa shape index (κ2) is 6.49. The molecule has 0 spiro atoms. The summed E-state index contributed by atoms with van der Waals surface area (Å²) in [5.41, 5.74) is 7.54. The Balaban J connectivity index is 2.15. The van der Waals surface area contributed by atoms with Crippen molar-refractivity contribution in [3.05, 3.63) is 30.6 Å². The molecule has 1 aromatic carbocycles. The van der Waals surface area contributed by atoms with Crippen molar-refractivity contribution in [2.45, 2.75) is 26.3 Å². The maximum absolute atomic E-state index is 12.1. The lowest BCUT2D eigenvalue weighted by molar-refractivity contribution is -0.118. The molecule has 0 aliphatic heterocycles. The van der Waals surface area contributed by atoms with Crippen LogP contribution < -0.4 is 11.1 Å². The molecule has 1 aromatic heterocycles. The number of hydrogen-bond acceptors (Lipinski definition) is 4. The van der Waals surface area contributed by atoms with Crippen LogP contribution in [0.5, 0.6) is 0 Å². The van der Waals surface area contributed by atoms with Crippen LogP contribution in [0, 0.1) is 5.92 Å². The molecule has 6 nitrogen and oxygen atoms in total. The molecule has 0 aliphatic rings. The molecule has 2 rings (SSSR count). The van der Waals surface area contributed by atoms with Crippen molar-refractivity contribution < 1.29 is 4.79 Å². The maximum atomic E-state index is 12.1. The second-order valence-electron chi connectivity index (χ2n) is 5.25. The number of carbonyl (C=O) groups excluding carboxylic acids is 1. The van der Waals surface area contributed by atoms with Gasteiger partial charge in [0.05, 0.1) is 6.04 Å². The number of nitrogens with one attached hydrogen (secondary N) is 1. The third-order valence-electron chi connectivity index (χ3n) is 3.66. The topological polar surface area (TPSA) is 85.8 Å². The summed E-state index contributed by atoms with van der Waals surface area (Å²) >= 11 is 0. The number of hydrogen-bond donors (Lipinski definition) is 2. The Labute approximate surface area is 124 Å².